The van der Waals surface area contributed by atoms with Crippen LogP contribution in [0.25, 0.3) is 0 Å². The van der Waals surface area contributed by atoms with Crippen LogP contribution in [0.15, 0.2) is 60.7 Å². The molecule has 0 spiro atoms. The number of ether oxygens (including phenoxy) is 2. The summed E-state index contributed by atoms with van der Waals surface area (Å²) in [5.41, 5.74) is 1.55. The molecule has 0 saturated heterocycles. The first kappa shape index (κ1) is 26.1. The molecule has 35 heavy (non-hydrogen) atoms. The summed E-state index contributed by atoms with van der Waals surface area (Å²) in [5, 5.41) is 2.88. The van der Waals surface area contributed by atoms with Crippen LogP contribution in [-0.2, 0) is 17.9 Å². The van der Waals surface area contributed by atoms with E-state index in [2.05, 4.69) is 18.3 Å². The number of aryl methyl sites for hydroxylation is 1. The number of anilines is 1. The fraction of sp³-hybridized carbons (Fsp3) is 0.333. The van der Waals surface area contributed by atoms with Crippen molar-refractivity contribution in [3.63, 3.8) is 0 Å². The number of hydrogen-bond acceptors (Lipinski definition) is 5. The molecule has 0 fully saturated rings. The van der Waals surface area contributed by atoms with Crippen LogP contribution < -0.4 is 14.8 Å². The van der Waals surface area contributed by atoms with E-state index in [1.54, 1.807) is 41.5 Å². The van der Waals surface area contributed by atoms with Gasteiger partial charge in [-0.25, -0.2) is 4.79 Å². The molecule has 0 unspecified atom stereocenters. The van der Waals surface area contributed by atoms with Gasteiger partial charge < -0.3 is 24.6 Å². The molecule has 1 heterocycles. The first-order chi connectivity index (χ1) is 16.8. The van der Waals surface area contributed by atoms with Gasteiger partial charge in [0.2, 0.25) is 5.91 Å². The van der Waals surface area contributed by atoms with Gasteiger partial charge in [-0.05, 0) is 50.6 Å². The van der Waals surface area contributed by atoms with Crippen molar-refractivity contribution in [1.29, 1.82) is 0 Å². The number of carbonyl (C=O) groups excluding carboxylic acids is 2. The number of carbonyl (C=O) groups is 2. The summed E-state index contributed by atoms with van der Waals surface area (Å²) in [6.07, 6.45) is 0. The van der Waals surface area contributed by atoms with Gasteiger partial charge in [0.05, 0.1) is 26.5 Å². The fourth-order valence-corrected chi connectivity index (χ4v) is 4.52. The van der Waals surface area contributed by atoms with Crippen LogP contribution >= 0.6 is 11.3 Å². The summed E-state index contributed by atoms with van der Waals surface area (Å²) in [6.45, 7) is 6.75. The molecule has 8 heteroatoms. The number of methoxy groups -OCH3 is 2. The molecule has 0 bridgehead atoms. The zero-order valence-electron chi connectivity index (χ0n) is 20.9. The van der Waals surface area contributed by atoms with E-state index in [-0.39, 0.29) is 24.5 Å². The minimum atomic E-state index is -0.372. The van der Waals surface area contributed by atoms with Gasteiger partial charge in [0.25, 0.3) is 0 Å². The van der Waals surface area contributed by atoms with Gasteiger partial charge in [-0.3, -0.25) is 4.79 Å². The number of urea groups is 1. The average molecular weight is 496 g/mol. The molecule has 0 radical (unpaired) electrons. The Morgan fingerprint density at radius 3 is 2.31 bits per heavy atom. The maximum atomic E-state index is 13.5. The predicted molar refractivity (Wildman–Crippen MR) is 140 cm³/mol. The molecule has 7 nitrogen and oxygen atoms in total. The van der Waals surface area contributed by atoms with Crippen molar-refractivity contribution in [2.45, 2.75) is 39.9 Å². The number of nitrogens with one attached hydrogen (secondary N) is 1. The van der Waals surface area contributed by atoms with Crippen molar-refractivity contribution in [3.05, 3.63) is 76.0 Å². The number of nitrogens with zero attached hydrogens (tertiary/aromatic N) is 2. The zero-order chi connectivity index (χ0) is 25.4. The van der Waals surface area contributed by atoms with E-state index in [1.807, 2.05) is 50.2 Å². The quantitative estimate of drug-likeness (QED) is 0.401. The molecule has 1 N–H and O–H groups in total. The Morgan fingerprint density at radius 1 is 0.971 bits per heavy atom. The van der Waals surface area contributed by atoms with Crippen molar-refractivity contribution in [2.75, 3.05) is 26.1 Å². The third-order valence-electron chi connectivity index (χ3n) is 5.55. The van der Waals surface area contributed by atoms with Crippen LogP contribution in [0.2, 0.25) is 0 Å². The van der Waals surface area contributed by atoms with Crippen molar-refractivity contribution >= 4 is 29.0 Å². The fourth-order valence-electron chi connectivity index (χ4n) is 3.62. The van der Waals surface area contributed by atoms with Crippen molar-refractivity contribution in [1.82, 2.24) is 9.80 Å². The van der Waals surface area contributed by atoms with Gasteiger partial charge in [-0.15, -0.1) is 11.3 Å². The Bertz CT molecular complexity index is 1130. The minimum Gasteiger partial charge on any atom is -0.497 e. The molecule has 0 saturated carbocycles. The number of hydrogen-bond donors (Lipinski definition) is 1. The molecular weight excluding hydrogens is 462 g/mol. The van der Waals surface area contributed by atoms with Crippen molar-refractivity contribution in [2.24, 2.45) is 0 Å². The van der Waals surface area contributed by atoms with E-state index < -0.39 is 0 Å². The van der Waals surface area contributed by atoms with Gasteiger partial charge in [0.15, 0.2) is 0 Å². The van der Waals surface area contributed by atoms with Crippen LogP contribution in [-0.4, -0.2) is 48.5 Å². The third-order valence-corrected chi connectivity index (χ3v) is 6.54. The van der Waals surface area contributed by atoms with E-state index in [1.165, 1.54) is 16.9 Å². The lowest BCUT2D eigenvalue weighted by Gasteiger charge is -2.30. The largest absolute Gasteiger partial charge is 0.497 e. The lowest BCUT2D eigenvalue weighted by atomic mass is 10.2. The second-order valence-electron chi connectivity index (χ2n) is 8.47. The van der Waals surface area contributed by atoms with E-state index in [0.717, 1.165) is 10.4 Å². The Morgan fingerprint density at radius 2 is 1.71 bits per heavy atom. The van der Waals surface area contributed by atoms with E-state index >= 15 is 0 Å². The highest BCUT2D eigenvalue weighted by Crippen LogP contribution is 2.29. The Hall–Kier alpha value is -3.52. The van der Waals surface area contributed by atoms with Crippen LogP contribution in [0.5, 0.6) is 11.5 Å². The molecule has 1 aromatic heterocycles. The third kappa shape index (κ3) is 7.23. The summed E-state index contributed by atoms with van der Waals surface area (Å²) in [6, 6.07) is 18.6. The number of thiophene rings is 1. The molecule has 0 aliphatic heterocycles. The predicted octanol–water partition coefficient (Wildman–Crippen LogP) is 5.55. The van der Waals surface area contributed by atoms with Crippen LogP contribution in [0.1, 0.15) is 29.2 Å². The summed E-state index contributed by atoms with van der Waals surface area (Å²) in [4.78, 5) is 32.4. The normalized spacial score (nSPS) is 10.7. The van der Waals surface area contributed by atoms with Gasteiger partial charge >= 0.3 is 6.03 Å². The van der Waals surface area contributed by atoms with E-state index in [9.17, 15) is 9.59 Å². The highest BCUT2D eigenvalue weighted by atomic mass is 32.1. The number of benzene rings is 2. The topological polar surface area (TPSA) is 71.1 Å². The van der Waals surface area contributed by atoms with Crippen LogP contribution in [0, 0.1) is 6.92 Å². The van der Waals surface area contributed by atoms with Crippen LogP contribution in [0.4, 0.5) is 10.5 Å². The standard InChI is InChI=1S/C27H33N3O4S/c1-19(2)30(27(32)28-24-14-12-22(33-4)15-25(24)34-5)18-26(31)29(16-21-9-7-6-8-10-21)17-23-13-11-20(3)35-23/h6-15,19H,16-18H2,1-5H3,(H,28,32). The Kier molecular flexibility index (Phi) is 9.14. The molecule has 3 amide bonds. The second-order valence-corrected chi connectivity index (χ2v) is 9.84. The highest BCUT2D eigenvalue weighted by Gasteiger charge is 2.25. The summed E-state index contributed by atoms with van der Waals surface area (Å²) >= 11 is 1.67. The Labute approximate surface area is 211 Å². The molecule has 0 aliphatic carbocycles. The smallest absolute Gasteiger partial charge is 0.322 e. The summed E-state index contributed by atoms with van der Waals surface area (Å²) in [7, 11) is 3.10. The highest BCUT2D eigenvalue weighted by molar-refractivity contribution is 7.11. The second kappa shape index (κ2) is 12.3. The number of rotatable bonds is 10. The number of amides is 3. The SMILES string of the molecule is COc1ccc(NC(=O)N(CC(=O)N(Cc2ccccc2)Cc2ccc(C)s2)C(C)C)c(OC)c1. The summed E-state index contributed by atoms with van der Waals surface area (Å²) < 4.78 is 10.6. The zero-order valence-corrected chi connectivity index (χ0v) is 21.7. The molecule has 3 aromatic rings. The molecular formula is C27H33N3O4S. The average Bonchev–Trinajstić information content (AvgIpc) is 3.26. The van der Waals surface area contributed by atoms with Crippen molar-refractivity contribution in [3.8, 4) is 11.5 Å². The lowest BCUT2D eigenvalue weighted by Crippen LogP contribution is -2.47. The summed E-state index contributed by atoms with van der Waals surface area (Å²) in [5.74, 6) is 0.980. The first-order valence-corrected chi connectivity index (χ1v) is 12.3. The first-order valence-electron chi connectivity index (χ1n) is 11.5. The maximum Gasteiger partial charge on any atom is 0.322 e. The van der Waals surface area contributed by atoms with Gasteiger partial charge in [-0.2, -0.15) is 0 Å². The van der Waals surface area contributed by atoms with Gasteiger partial charge in [0.1, 0.15) is 18.0 Å². The molecule has 0 atom stereocenters. The van der Waals surface area contributed by atoms with E-state index in [0.29, 0.717) is 30.3 Å². The molecule has 2 aromatic carbocycles. The van der Waals surface area contributed by atoms with E-state index in [4.69, 9.17) is 9.47 Å². The Balaban J connectivity index is 1.77. The van der Waals surface area contributed by atoms with Crippen molar-refractivity contribution < 1.29 is 19.1 Å². The molecule has 3 rings (SSSR count). The molecule has 0 aliphatic rings. The van der Waals surface area contributed by atoms with Gasteiger partial charge in [-0.1, -0.05) is 30.3 Å². The monoisotopic (exact) mass is 495 g/mol. The van der Waals surface area contributed by atoms with Crippen LogP contribution in [0.3, 0.4) is 0 Å². The lowest BCUT2D eigenvalue weighted by molar-refractivity contribution is -0.133. The van der Waals surface area contributed by atoms with Gasteiger partial charge in [0, 0.05) is 28.4 Å². The minimum absolute atomic E-state index is 0.0425. The molecule has 186 valence electrons. The maximum absolute atomic E-state index is 13.5.